The van der Waals surface area contributed by atoms with Crippen LogP contribution >= 0.6 is 11.8 Å². The third-order valence-corrected chi connectivity index (χ3v) is 7.77. The van der Waals surface area contributed by atoms with E-state index < -0.39 is 9.84 Å². The van der Waals surface area contributed by atoms with Crippen LogP contribution in [0.2, 0.25) is 0 Å². The number of aromatic nitrogens is 2. The van der Waals surface area contributed by atoms with Crippen LogP contribution in [-0.4, -0.2) is 29.5 Å². The molecule has 7 heteroatoms. The first-order chi connectivity index (χ1) is 12.0. The van der Waals surface area contributed by atoms with Gasteiger partial charge in [-0.05, 0) is 31.2 Å². The maximum atomic E-state index is 12.7. The van der Waals surface area contributed by atoms with Crippen molar-refractivity contribution >= 4 is 21.6 Å². The van der Waals surface area contributed by atoms with Gasteiger partial charge in [-0.2, -0.15) is 4.98 Å². The maximum absolute atomic E-state index is 12.7. The summed E-state index contributed by atoms with van der Waals surface area (Å²) in [5.74, 6) is 1.02. The Labute approximate surface area is 151 Å². The number of benzene rings is 1. The molecule has 2 heterocycles. The zero-order valence-corrected chi connectivity index (χ0v) is 15.5. The van der Waals surface area contributed by atoms with Crippen molar-refractivity contribution in [2.45, 2.75) is 42.5 Å². The molecule has 2 aliphatic rings. The zero-order valence-electron chi connectivity index (χ0n) is 13.8. The fraction of sp³-hybridized carbons (Fsp3) is 0.444. The number of sulfone groups is 1. The third kappa shape index (κ3) is 3.40. The van der Waals surface area contributed by atoms with Crippen LogP contribution in [0, 0.1) is 0 Å². The number of rotatable bonds is 4. The summed E-state index contributed by atoms with van der Waals surface area (Å²) in [5.41, 5.74) is 3.06. The van der Waals surface area contributed by atoms with Crippen LogP contribution in [0.1, 0.15) is 35.7 Å². The smallest absolute Gasteiger partial charge is 0.292 e. The van der Waals surface area contributed by atoms with Crippen LogP contribution in [0.5, 0.6) is 0 Å². The Bertz CT molecular complexity index is 952. The molecule has 1 aromatic heterocycles. The maximum Gasteiger partial charge on any atom is 0.349 e. The summed E-state index contributed by atoms with van der Waals surface area (Å²) in [6.07, 6.45) is 3.27. The third-order valence-electron chi connectivity index (χ3n) is 4.93. The zero-order chi connectivity index (χ0) is 17.4. The van der Waals surface area contributed by atoms with E-state index >= 15 is 0 Å². The highest BCUT2D eigenvalue weighted by Crippen LogP contribution is 2.33. The van der Waals surface area contributed by atoms with Gasteiger partial charge in [0.05, 0.1) is 17.5 Å². The van der Waals surface area contributed by atoms with Crippen molar-refractivity contribution in [3.05, 3.63) is 57.6 Å². The van der Waals surface area contributed by atoms with E-state index in [4.69, 9.17) is 0 Å². The highest BCUT2D eigenvalue weighted by molar-refractivity contribution is 7.98. The number of hydrogen-bond donors (Lipinski definition) is 0. The molecule has 0 saturated carbocycles. The van der Waals surface area contributed by atoms with Crippen LogP contribution in [0.25, 0.3) is 0 Å². The lowest BCUT2D eigenvalue weighted by molar-refractivity contribution is 0.502. The van der Waals surface area contributed by atoms with E-state index in [9.17, 15) is 13.2 Å². The SMILES string of the molecule is O=c1nc(SCc2ccccc2)c2c(n1[C@@H]1CCS(=O)(=O)C1)CCC2. The lowest BCUT2D eigenvalue weighted by Crippen LogP contribution is -2.31. The molecule has 1 fully saturated rings. The van der Waals surface area contributed by atoms with Crippen molar-refractivity contribution in [1.29, 1.82) is 0 Å². The Morgan fingerprint density at radius 2 is 2.00 bits per heavy atom. The van der Waals surface area contributed by atoms with Gasteiger partial charge in [0.2, 0.25) is 0 Å². The predicted octanol–water partition coefficient (Wildman–Crippen LogP) is 2.38. The van der Waals surface area contributed by atoms with Gasteiger partial charge in [0.15, 0.2) is 9.84 Å². The molecule has 0 bridgehead atoms. The quantitative estimate of drug-likeness (QED) is 0.605. The normalized spacial score (nSPS) is 21.4. The molecule has 25 heavy (non-hydrogen) atoms. The molecule has 4 rings (SSSR count). The average Bonchev–Trinajstić information content (AvgIpc) is 3.20. The van der Waals surface area contributed by atoms with E-state index in [-0.39, 0.29) is 23.2 Å². The Morgan fingerprint density at radius 3 is 2.72 bits per heavy atom. The second-order valence-corrected chi connectivity index (χ2v) is 9.87. The summed E-state index contributed by atoms with van der Waals surface area (Å²) < 4.78 is 25.3. The van der Waals surface area contributed by atoms with E-state index in [0.29, 0.717) is 6.42 Å². The van der Waals surface area contributed by atoms with E-state index in [2.05, 4.69) is 17.1 Å². The Hall–Kier alpha value is -1.60. The first kappa shape index (κ1) is 16.8. The first-order valence-corrected chi connectivity index (χ1v) is 11.4. The summed E-state index contributed by atoms with van der Waals surface area (Å²) in [5, 5.41) is 0.818. The van der Waals surface area contributed by atoms with Gasteiger partial charge in [-0.25, -0.2) is 13.2 Å². The molecular formula is C18H20N2O3S2. The molecule has 1 saturated heterocycles. The summed E-state index contributed by atoms with van der Waals surface area (Å²) in [6.45, 7) is 0. The second-order valence-electron chi connectivity index (χ2n) is 6.68. The highest BCUT2D eigenvalue weighted by Gasteiger charge is 2.33. The van der Waals surface area contributed by atoms with Crippen LogP contribution in [0.4, 0.5) is 0 Å². The average molecular weight is 377 g/mol. The van der Waals surface area contributed by atoms with Crippen LogP contribution in [-0.2, 0) is 28.4 Å². The Kier molecular flexibility index (Phi) is 4.45. The molecule has 1 aliphatic carbocycles. The first-order valence-electron chi connectivity index (χ1n) is 8.55. The molecule has 5 nitrogen and oxygen atoms in total. The number of fused-ring (bicyclic) bond motifs is 1. The van der Waals surface area contributed by atoms with Gasteiger partial charge in [-0.1, -0.05) is 30.3 Å². The fourth-order valence-corrected chi connectivity index (χ4v) is 6.48. The second kappa shape index (κ2) is 6.61. The Balaban J connectivity index is 1.66. The van der Waals surface area contributed by atoms with Crippen LogP contribution in [0.3, 0.4) is 0 Å². The van der Waals surface area contributed by atoms with Crippen molar-refractivity contribution in [3.8, 4) is 0 Å². The van der Waals surface area contributed by atoms with Gasteiger partial charge in [-0.15, -0.1) is 11.8 Å². The largest absolute Gasteiger partial charge is 0.349 e. The molecular weight excluding hydrogens is 356 g/mol. The van der Waals surface area contributed by atoms with Crippen molar-refractivity contribution in [3.63, 3.8) is 0 Å². The van der Waals surface area contributed by atoms with Gasteiger partial charge in [-0.3, -0.25) is 4.57 Å². The summed E-state index contributed by atoms with van der Waals surface area (Å²) >= 11 is 1.60. The minimum Gasteiger partial charge on any atom is -0.292 e. The summed E-state index contributed by atoms with van der Waals surface area (Å²) in [4.78, 5) is 17.0. The molecule has 2 aromatic rings. The minimum absolute atomic E-state index is 0.0670. The minimum atomic E-state index is -3.03. The molecule has 0 spiro atoms. The molecule has 0 amide bonds. The van der Waals surface area contributed by atoms with Crippen molar-refractivity contribution < 1.29 is 8.42 Å². The van der Waals surface area contributed by atoms with Gasteiger partial charge in [0.25, 0.3) is 0 Å². The fourth-order valence-electron chi connectivity index (χ4n) is 3.75. The van der Waals surface area contributed by atoms with Crippen LogP contribution < -0.4 is 5.69 Å². The summed E-state index contributed by atoms with van der Waals surface area (Å²) in [6, 6.07) is 9.89. The van der Waals surface area contributed by atoms with Crippen molar-refractivity contribution in [1.82, 2.24) is 9.55 Å². The number of nitrogens with zero attached hydrogens (tertiary/aromatic N) is 2. The summed E-state index contributed by atoms with van der Waals surface area (Å²) in [7, 11) is -3.03. The Morgan fingerprint density at radius 1 is 1.20 bits per heavy atom. The molecule has 0 radical (unpaired) electrons. The predicted molar refractivity (Wildman–Crippen MR) is 98.8 cm³/mol. The van der Waals surface area contributed by atoms with Gasteiger partial charge in [0, 0.05) is 17.0 Å². The van der Waals surface area contributed by atoms with E-state index in [1.807, 2.05) is 18.2 Å². The van der Waals surface area contributed by atoms with Gasteiger partial charge < -0.3 is 0 Å². The molecule has 1 atom stereocenters. The lowest BCUT2D eigenvalue weighted by atomic mass is 10.2. The molecule has 1 aromatic carbocycles. The van der Waals surface area contributed by atoms with Gasteiger partial charge >= 0.3 is 5.69 Å². The van der Waals surface area contributed by atoms with Crippen molar-refractivity contribution in [2.24, 2.45) is 0 Å². The molecule has 1 aliphatic heterocycles. The standard InChI is InChI=1S/C18H20N2O3S2/c21-18-19-17(24-11-13-5-2-1-3-6-13)15-7-4-8-16(15)20(18)14-9-10-25(22,23)12-14/h1-3,5-6,14H,4,7-12H2/t14-/m1/s1. The highest BCUT2D eigenvalue weighted by atomic mass is 32.2. The van der Waals surface area contributed by atoms with Crippen LogP contribution in [0.15, 0.2) is 40.2 Å². The molecule has 0 unspecified atom stereocenters. The number of hydrogen-bond acceptors (Lipinski definition) is 5. The lowest BCUT2D eigenvalue weighted by Gasteiger charge is -2.18. The van der Waals surface area contributed by atoms with E-state index in [1.54, 1.807) is 16.3 Å². The van der Waals surface area contributed by atoms with Crippen molar-refractivity contribution in [2.75, 3.05) is 11.5 Å². The van der Waals surface area contributed by atoms with Gasteiger partial charge in [0.1, 0.15) is 5.03 Å². The topological polar surface area (TPSA) is 69.0 Å². The van der Waals surface area contributed by atoms with E-state index in [0.717, 1.165) is 41.3 Å². The molecule has 132 valence electrons. The monoisotopic (exact) mass is 376 g/mol. The molecule has 0 N–H and O–H groups in total. The number of thioether (sulfide) groups is 1. The van der Waals surface area contributed by atoms with E-state index in [1.165, 1.54) is 5.56 Å².